The van der Waals surface area contributed by atoms with Crippen molar-refractivity contribution in [3.8, 4) is 5.69 Å². The fourth-order valence-electron chi connectivity index (χ4n) is 1.65. The molecule has 0 aliphatic rings. The van der Waals surface area contributed by atoms with E-state index in [2.05, 4.69) is 15.7 Å². The molecule has 1 amide bonds. The van der Waals surface area contributed by atoms with E-state index in [9.17, 15) is 4.79 Å². The molecule has 0 saturated heterocycles. The van der Waals surface area contributed by atoms with Crippen LogP contribution in [-0.2, 0) is 0 Å². The Bertz CT molecular complexity index is 600. The maximum atomic E-state index is 11.9. The number of hydrogen-bond donors (Lipinski definition) is 2. The van der Waals surface area contributed by atoms with Crippen LogP contribution in [0, 0.1) is 0 Å². The first kappa shape index (κ1) is 17.5. The van der Waals surface area contributed by atoms with Crippen molar-refractivity contribution in [2.24, 2.45) is 0 Å². The van der Waals surface area contributed by atoms with Gasteiger partial charge in [0.2, 0.25) is 0 Å². The van der Waals surface area contributed by atoms with E-state index in [1.54, 1.807) is 29.1 Å². The van der Waals surface area contributed by atoms with Gasteiger partial charge < -0.3 is 10.6 Å². The van der Waals surface area contributed by atoms with Crippen LogP contribution in [-0.4, -0.2) is 35.3 Å². The van der Waals surface area contributed by atoms with Gasteiger partial charge in [-0.05, 0) is 38.2 Å². The molecule has 0 aliphatic heterocycles. The van der Waals surface area contributed by atoms with Gasteiger partial charge in [0.1, 0.15) is 0 Å². The summed E-state index contributed by atoms with van der Waals surface area (Å²) in [4.78, 5) is 11.9. The van der Waals surface area contributed by atoms with Crippen LogP contribution in [0.4, 0.5) is 0 Å². The number of likely N-dealkylation sites (N-methyl/N-ethyl adjacent to an activating group) is 1. The largest absolute Gasteiger partial charge is 0.349 e. The van der Waals surface area contributed by atoms with Gasteiger partial charge in [0.15, 0.2) is 5.69 Å². The van der Waals surface area contributed by atoms with Gasteiger partial charge in [-0.15, -0.1) is 12.4 Å². The number of halogens is 2. The topological polar surface area (TPSA) is 58.9 Å². The SMILES string of the molecule is CNC(C)CNC(=O)c1ccn(-c2cccc(Cl)c2)n1.Cl. The molecule has 2 rings (SSSR count). The van der Waals surface area contributed by atoms with E-state index in [0.29, 0.717) is 17.3 Å². The molecule has 0 radical (unpaired) electrons. The third-order valence-electron chi connectivity index (χ3n) is 2.96. The van der Waals surface area contributed by atoms with Gasteiger partial charge in [-0.1, -0.05) is 17.7 Å². The van der Waals surface area contributed by atoms with Crippen LogP contribution in [0.1, 0.15) is 17.4 Å². The lowest BCUT2D eigenvalue weighted by molar-refractivity contribution is 0.0945. The molecule has 2 N–H and O–H groups in total. The molecule has 1 heterocycles. The van der Waals surface area contributed by atoms with Gasteiger partial charge >= 0.3 is 0 Å². The van der Waals surface area contributed by atoms with Crippen molar-refractivity contribution >= 4 is 29.9 Å². The Hall–Kier alpha value is -1.56. The number of amides is 1. The van der Waals surface area contributed by atoms with E-state index < -0.39 is 0 Å². The Kier molecular flexibility index (Phi) is 6.68. The van der Waals surface area contributed by atoms with E-state index in [1.807, 2.05) is 26.1 Å². The highest BCUT2D eigenvalue weighted by Crippen LogP contribution is 2.14. The highest BCUT2D eigenvalue weighted by Gasteiger charge is 2.10. The summed E-state index contributed by atoms with van der Waals surface area (Å²) in [5, 5.41) is 10.8. The summed E-state index contributed by atoms with van der Waals surface area (Å²) < 4.78 is 1.63. The van der Waals surface area contributed by atoms with Crippen molar-refractivity contribution in [3.63, 3.8) is 0 Å². The number of nitrogens with zero attached hydrogens (tertiary/aromatic N) is 2. The predicted octanol–water partition coefficient (Wildman–Crippen LogP) is 2.29. The van der Waals surface area contributed by atoms with Gasteiger partial charge in [-0.3, -0.25) is 4.79 Å². The number of benzene rings is 1. The molecule has 1 atom stereocenters. The standard InChI is InChI=1S/C14H17ClN4O.ClH/c1-10(16-2)9-17-14(20)13-6-7-19(18-13)12-5-3-4-11(15)8-12;/h3-8,10,16H,9H2,1-2H3,(H,17,20);1H. The Morgan fingerprint density at radius 3 is 2.86 bits per heavy atom. The minimum atomic E-state index is -0.187. The second kappa shape index (κ2) is 8.02. The third kappa shape index (κ3) is 4.74. The number of rotatable bonds is 5. The smallest absolute Gasteiger partial charge is 0.271 e. The molecule has 0 spiro atoms. The van der Waals surface area contributed by atoms with Crippen LogP contribution in [0.2, 0.25) is 5.02 Å². The summed E-state index contributed by atoms with van der Waals surface area (Å²) in [7, 11) is 1.85. The van der Waals surface area contributed by atoms with Crippen molar-refractivity contribution in [1.29, 1.82) is 0 Å². The van der Waals surface area contributed by atoms with Crippen molar-refractivity contribution < 1.29 is 4.79 Å². The third-order valence-corrected chi connectivity index (χ3v) is 3.19. The molecule has 7 heteroatoms. The molecule has 1 unspecified atom stereocenters. The minimum absolute atomic E-state index is 0. The first-order valence-corrected chi connectivity index (χ1v) is 6.75. The number of hydrogen-bond acceptors (Lipinski definition) is 3. The molecule has 0 saturated carbocycles. The second-order valence-corrected chi connectivity index (χ2v) is 4.96. The van der Waals surface area contributed by atoms with Crippen molar-refractivity contribution in [3.05, 3.63) is 47.2 Å². The lowest BCUT2D eigenvalue weighted by atomic mass is 10.3. The van der Waals surface area contributed by atoms with Crippen LogP contribution in [0.5, 0.6) is 0 Å². The molecule has 5 nitrogen and oxygen atoms in total. The molecule has 114 valence electrons. The van der Waals surface area contributed by atoms with Crippen molar-refractivity contribution in [1.82, 2.24) is 20.4 Å². The van der Waals surface area contributed by atoms with Crippen LogP contribution < -0.4 is 10.6 Å². The molecule has 2 aromatic rings. The van der Waals surface area contributed by atoms with Crippen LogP contribution in [0.25, 0.3) is 5.69 Å². The minimum Gasteiger partial charge on any atom is -0.349 e. The van der Waals surface area contributed by atoms with E-state index in [-0.39, 0.29) is 24.4 Å². The normalized spacial score (nSPS) is 11.6. The van der Waals surface area contributed by atoms with Crippen LogP contribution in [0.3, 0.4) is 0 Å². The molecular formula is C14H18Cl2N4O. The zero-order valence-electron chi connectivity index (χ0n) is 11.8. The van der Waals surface area contributed by atoms with Crippen molar-refractivity contribution in [2.45, 2.75) is 13.0 Å². The maximum absolute atomic E-state index is 11.9. The van der Waals surface area contributed by atoms with Gasteiger partial charge in [-0.2, -0.15) is 5.10 Å². The number of aromatic nitrogens is 2. The fourth-order valence-corrected chi connectivity index (χ4v) is 1.83. The molecule has 0 bridgehead atoms. The molecular weight excluding hydrogens is 311 g/mol. The quantitative estimate of drug-likeness (QED) is 0.885. The summed E-state index contributed by atoms with van der Waals surface area (Å²) in [6, 6.07) is 9.20. The highest BCUT2D eigenvalue weighted by atomic mass is 35.5. The molecule has 0 fully saturated rings. The first-order valence-electron chi connectivity index (χ1n) is 6.37. The predicted molar refractivity (Wildman–Crippen MR) is 86.7 cm³/mol. The molecule has 1 aromatic heterocycles. The Labute approximate surface area is 135 Å². The number of carbonyl (C=O) groups excluding carboxylic acids is 1. The summed E-state index contributed by atoms with van der Waals surface area (Å²) in [6.07, 6.45) is 1.74. The highest BCUT2D eigenvalue weighted by molar-refractivity contribution is 6.30. The van der Waals surface area contributed by atoms with Gasteiger partial charge in [0.05, 0.1) is 5.69 Å². The molecule has 1 aromatic carbocycles. The Morgan fingerprint density at radius 1 is 1.43 bits per heavy atom. The summed E-state index contributed by atoms with van der Waals surface area (Å²) in [5.74, 6) is -0.187. The summed E-state index contributed by atoms with van der Waals surface area (Å²) in [5.41, 5.74) is 1.20. The van der Waals surface area contributed by atoms with Gasteiger partial charge in [0, 0.05) is 23.8 Å². The zero-order chi connectivity index (χ0) is 14.5. The Balaban J connectivity index is 0.00000220. The number of carbonyl (C=O) groups is 1. The summed E-state index contributed by atoms with van der Waals surface area (Å²) in [6.45, 7) is 2.55. The average Bonchev–Trinajstić information content (AvgIpc) is 2.94. The van der Waals surface area contributed by atoms with Crippen molar-refractivity contribution in [2.75, 3.05) is 13.6 Å². The van der Waals surface area contributed by atoms with Gasteiger partial charge in [0.25, 0.3) is 5.91 Å². The van der Waals surface area contributed by atoms with E-state index in [4.69, 9.17) is 11.6 Å². The number of nitrogens with one attached hydrogen (secondary N) is 2. The average molecular weight is 329 g/mol. The Morgan fingerprint density at radius 2 is 2.19 bits per heavy atom. The summed E-state index contributed by atoms with van der Waals surface area (Å²) >= 11 is 5.94. The van der Waals surface area contributed by atoms with Crippen LogP contribution in [0.15, 0.2) is 36.5 Å². The molecule has 21 heavy (non-hydrogen) atoms. The molecule has 0 aliphatic carbocycles. The first-order chi connectivity index (χ1) is 9.60. The second-order valence-electron chi connectivity index (χ2n) is 4.53. The fraction of sp³-hybridized carbons (Fsp3) is 0.286. The van der Waals surface area contributed by atoms with Crippen LogP contribution >= 0.6 is 24.0 Å². The lowest BCUT2D eigenvalue weighted by Gasteiger charge is -2.10. The maximum Gasteiger partial charge on any atom is 0.271 e. The van der Waals surface area contributed by atoms with E-state index >= 15 is 0 Å². The van der Waals surface area contributed by atoms with E-state index in [1.165, 1.54) is 0 Å². The lowest BCUT2D eigenvalue weighted by Crippen LogP contribution is -2.37. The van der Waals surface area contributed by atoms with Gasteiger partial charge in [-0.25, -0.2) is 4.68 Å². The zero-order valence-corrected chi connectivity index (χ0v) is 13.4. The van der Waals surface area contributed by atoms with E-state index in [0.717, 1.165) is 5.69 Å². The monoisotopic (exact) mass is 328 g/mol.